The van der Waals surface area contributed by atoms with Gasteiger partial charge >= 0.3 is 0 Å². The van der Waals surface area contributed by atoms with Crippen LogP contribution >= 0.6 is 11.3 Å². The largest absolute Gasteiger partial charge is 0.270 e. The summed E-state index contributed by atoms with van der Waals surface area (Å²) < 4.78 is 3.83. The van der Waals surface area contributed by atoms with Gasteiger partial charge in [0.25, 0.3) is 5.01 Å². The third-order valence-corrected chi connectivity index (χ3v) is 5.05. The quantitative estimate of drug-likeness (QED) is 0.557. The Kier molecular flexibility index (Phi) is 3.81. The molecule has 0 saturated carbocycles. The second-order valence-electron chi connectivity index (χ2n) is 6.08. The molecule has 0 amide bonds. The van der Waals surface area contributed by atoms with E-state index in [0.29, 0.717) is 12.0 Å². The van der Waals surface area contributed by atoms with Crippen LogP contribution < -0.4 is 4.57 Å². The highest BCUT2D eigenvalue weighted by molar-refractivity contribution is 7.21. The molecule has 0 saturated heterocycles. The Morgan fingerprint density at radius 2 is 1.52 bits per heavy atom. The van der Waals surface area contributed by atoms with Crippen molar-refractivity contribution in [2.75, 3.05) is 0 Å². The van der Waals surface area contributed by atoms with Gasteiger partial charge in [0.05, 0.1) is 5.56 Å². The van der Waals surface area contributed by atoms with Crippen LogP contribution in [-0.2, 0) is 0 Å². The summed E-state index contributed by atoms with van der Waals surface area (Å²) in [5, 5.41) is 1.37. The minimum atomic E-state index is 0.455. The van der Waals surface area contributed by atoms with E-state index in [1.54, 1.807) is 0 Å². The lowest BCUT2D eigenvalue weighted by Gasteiger charge is -2.10. The SMILES string of the molecule is CC(C)c1ccccc1-c1sc2ccccc2[n+]1C(C)C. The maximum Gasteiger partial charge on any atom is 0.270 e. The van der Waals surface area contributed by atoms with E-state index in [4.69, 9.17) is 0 Å². The summed E-state index contributed by atoms with van der Waals surface area (Å²) in [5.41, 5.74) is 4.15. The third-order valence-electron chi connectivity index (χ3n) is 3.88. The van der Waals surface area contributed by atoms with Crippen LogP contribution in [0.25, 0.3) is 20.8 Å². The highest BCUT2D eigenvalue weighted by Crippen LogP contribution is 2.34. The number of hydrogen-bond donors (Lipinski definition) is 0. The molecule has 0 bridgehead atoms. The molecule has 0 atom stereocenters. The van der Waals surface area contributed by atoms with Crippen molar-refractivity contribution >= 4 is 21.6 Å². The van der Waals surface area contributed by atoms with Crippen LogP contribution in [0.4, 0.5) is 0 Å². The fraction of sp³-hybridized carbons (Fsp3) is 0.316. The molecule has 108 valence electrons. The van der Waals surface area contributed by atoms with E-state index in [-0.39, 0.29) is 0 Å². The highest BCUT2D eigenvalue weighted by atomic mass is 32.1. The van der Waals surface area contributed by atoms with Gasteiger partial charge in [0, 0.05) is 6.07 Å². The molecule has 3 rings (SSSR count). The monoisotopic (exact) mass is 296 g/mol. The molecule has 0 unspecified atom stereocenters. The van der Waals surface area contributed by atoms with Crippen LogP contribution in [0.5, 0.6) is 0 Å². The molecular formula is C19H22NS+. The first kappa shape index (κ1) is 14.3. The first-order valence-electron chi connectivity index (χ1n) is 7.62. The molecule has 1 heterocycles. The summed E-state index contributed by atoms with van der Waals surface area (Å²) in [6, 6.07) is 18.0. The van der Waals surface area contributed by atoms with E-state index in [9.17, 15) is 0 Å². The fourth-order valence-corrected chi connectivity index (χ4v) is 4.23. The Balaban J connectivity index is 2.33. The Bertz CT molecular complexity index is 768. The summed E-state index contributed by atoms with van der Waals surface area (Å²) in [6.45, 7) is 9.07. The first-order valence-corrected chi connectivity index (χ1v) is 8.43. The molecule has 0 N–H and O–H groups in total. The summed E-state index contributed by atoms with van der Waals surface area (Å²) in [6.07, 6.45) is 0. The van der Waals surface area contributed by atoms with Crippen molar-refractivity contribution in [1.29, 1.82) is 0 Å². The van der Waals surface area contributed by atoms with Gasteiger partial charge < -0.3 is 0 Å². The zero-order valence-electron chi connectivity index (χ0n) is 13.1. The van der Waals surface area contributed by atoms with Crippen molar-refractivity contribution in [3.8, 4) is 10.6 Å². The minimum Gasteiger partial charge on any atom is -0.180 e. The lowest BCUT2D eigenvalue weighted by Crippen LogP contribution is -2.36. The molecule has 21 heavy (non-hydrogen) atoms. The van der Waals surface area contributed by atoms with Gasteiger partial charge in [0.15, 0.2) is 6.04 Å². The van der Waals surface area contributed by atoms with Gasteiger partial charge in [-0.3, -0.25) is 0 Å². The molecule has 0 fully saturated rings. The third kappa shape index (κ3) is 2.49. The zero-order valence-corrected chi connectivity index (χ0v) is 13.9. The predicted molar refractivity (Wildman–Crippen MR) is 91.9 cm³/mol. The number of nitrogens with zero attached hydrogens (tertiary/aromatic N) is 1. The number of fused-ring (bicyclic) bond motifs is 1. The van der Waals surface area contributed by atoms with Crippen LogP contribution in [0.15, 0.2) is 48.5 Å². The van der Waals surface area contributed by atoms with Crippen LogP contribution in [0.1, 0.15) is 45.2 Å². The number of hydrogen-bond acceptors (Lipinski definition) is 1. The maximum atomic E-state index is 2.47. The van der Waals surface area contributed by atoms with Gasteiger partial charge in [-0.2, -0.15) is 4.57 Å². The van der Waals surface area contributed by atoms with Crippen LogP contribution in [-0.4, -0.2) is 0 Å². The van der Waals surface area contributed by atoms with Crippen molar-refractivity contribution in [2.45, 2.75) is 39.7 Å². The van der Waals surface area contributed by atoms with Gasteiger partial charge in [-0.15, -0.1) is 0 Å². The van der Waals surface area contributed by atoms with E-state index in [1.165, 1.54) is 26.4 Å². The van der Waals surface area contributed by atoms with Crippen molar-refractivity contribution in [3.05, 3.63) is 54.1 Å². The molecule has 3 aromatic rings. The lowest BCUT2D eigenvalue weighted by atomic mass is 9.97. The minimum absolute atomic E-state index is 0.455. The van der Waals surface area contributed by atoms with Crippen molar-refractivity contribution < 1.29 is 4.57 Å². The Hall–Kier alpha value is -1.67. The van der Waals surface area contributed by atoms with Gasteiger partial charge in [-0.05, 0) is 37.5 Å². The van der Waals surface area contributed by atoms with Gasteiger partial charge in [-0.25, -0.2) is 0 Å². The van der Waals surface area contributed by atoms with Gasteiger partial charge in [-0.1, -0.05) is 55.5 Å². The summed E-state index contributed by atoms with van der Waals surface area (Å²) in [4.78, 5) is 0. The highest BCUT2D eigenvalue weighted by Gasteiger charge is 2.26. The van der Waals surface area contributed by atoms with Gasteiger partial charge in [0.1, 0.15) is 4.70 Å². The van der Waals surface area contributed by atoms with Crippen molar-refractivity contribution in [3.63, 3.8) is 0 Å². The first-order chi connectivity index (χ1) is 10.1. The molecule has 0 aliphatic rings. The topological polar surface area (TPSA) is 3.88 Å². The molecule has 0 aliphatic heterocycles. The Morgan fingerprint density at radius 1 is 0.857 bits per heavy atom. The second kappa shape index (κ2) is 5.61. The Morgan fingerprint density at radius 3 is 2.24 bits per heavy atom. The van der Waals surface area contributed by atoms with E-state index in [2.05, 4.69) is 80.8 Å². The number of rotatable bonds is 3. The maximum absolute atomic E-state index is 2.47. The molecular weight excluding hydrogens is 274 g/mol. The van der Waals surface area contributed by atoms with E-state index in [0.717, 1.165) is 0 Å². The lowest BCUT2D eigenvalue weighted by molar-refractivity contribution is -0.677. The molecule has 0 spiro atoms. The van der Waals surface area contributed by atoms with Crippen LogP contribution in [0, 0.1) is 0 Å². The normalized spacial score (nSPS) is 11.7. The van der Waals surface area contributed by atoms with E-state index in [1.807, 2.05) is 11.3 Å². The molecule has 1 nitrogen and oxygen atoms in total. The van der Waals surface area contributed by atoms with Crippen molar-refractivity contribution in [2.24, 2.45) is 0 Å². The van der Waals surface area contributed by atoms with E-state index >= 15 is 0 Å². The zero-order chi connectivity index (χ0) is 15.0. The van der Waals surface area contributed by atoms with Crippen LogP contribution in [0.2, 0.25) is 0 Å². The number of benzene rings is 2. The van der Waals surface area contributed by atoms with Crippen LogP contribution in [0.3, 0.4) is 0 Å². The second-order valence-corrected chi connectivity index (χ2v) is 7.11. The van der Waals surface area contributed by atoms with Gasteiger partial charge in [0.2, 0.25) is 5.52 Å². The summed E-state index contributed by atoms with van der Waals surface area (Å²) in [5.74, 6) is 0.534. The summed E-state index contributed by atoms with van der Waals surface area (Å²) >= 11 is 1.90. The molecule has 0 aliphatic carbocycles. The number of thiazole rings is 1. The smallest absolute Gasteiger partial charge is 0.180 e. The van der Waals surface area contributed by atoms with Crippen molar-refractivity contribution in [1.82, 2.24) is 0 Å². The Labute approximate surface area is 130 Å². The summed E-state index contributed by atoms with van der Waals surface area (Å²) in [7, 11) is 0. The molecule has 2 aromatic carbocycles. The average Bonchev–Trinajstić information content (AvgIpc) is 2.86. The molecule has 2 heteroatoms. The molecule has 0 radical (unpaired) electrons. The van der Waals surface area contributed by atoms with E-state index < -0.39 is 0 Å². The standard InChI is InChI=1S/C19H22NS/c1-13(2)15-9-5-6-10-16(15)19-20(14(3)4)17-11-7-8-12-18(17)21-19/h5-14H,1-4H3/q+1. The average molecular weight is 296 g/mol. The molecule has 1 aromatic heterocycles. The number of aromatic nitrogens is 1. The predicted octanol–water partition coefficient (Wildman–Crippen LogP) is 5.56. The fourth-order valence-electron chi connectivity index (χ4n) is 2.90. The number of para-hydroxylation sites is 1.